The minimum absolute atomic E-state index is 0.391. The molecule has 0 atom stereocenters. The molecule has 1 saturated heterocycles. The highest BCUT2D eigenvalue weighted by molar-refractivity contribution is 5.95. The summed E-state index contributed by atoms with van der Waals surface area (Å²) in [6.45, 7) is 3.99. The van der Waals surface area contributed by atoms with Gasteiger partial charge in [-0.1, -0.05) is 12.1 Å². The van der Waals surface area contributed by atoms with Gasteiger partial charge in [0.25, 0.3) is 5.91 Å². The zero-order valence-corrected chi connectivity index (χ0v) is 14.9. The van der Waals surface area contributed by atoms with Crippen molar-refractivity contribution < 1.29 is 28.4 Å². The molecule has 2 N–H and O–H groups in total. The van der Waals surface area contributed by atoms with Crippen LogP contribution in [0.3, 0.4) is 0 Å². The van der Waals surface area contributed by atoms with Gasteiger partial charge in [0.05, 0.1) is 18.8 Å². The zero-order chi connectivity index (χ0) is 19.1. The Kier molecular flexibility index (Phi) is 6.51. The van der Waals surface area contributed by atoms with E-state index in [0.29, 0.717) is 11.3 Å². The summed E-state index contributed by atoms with van der Waals surface area (Å²) < 4.78 is 23.2. The van der Waals surface area contributed by atoms with E-state index < -0.39 is 24.3 Å². The van der Waals surface area contributed by atoms with Gasteiger partial charge in [0.1, 0.15) is 25.5 Å². The van der Waals surface area contributed by atoms with Crippen LogP contribution in [-0.2, 0) is 20.8 Å². The second-order valence-corrected chi connectivity index (χ2v) is 6.37. The highest BCUT2D eigenvalue weighted by atomic mass is 19.1. The fraction of sp³-hybridized carbons (Fsp3) is 0.300. The molecule has 0 bridgehead atoms. The molecule has 0 aliphatic carbocycles. The molecule has 1 aliphatic rings. The van der Waals surface area contributed by atoms with Crippen LogP contribution in [0.2, 0.25) is 0 Å². The van der Waals surface area contributed by atoms with Crippen molar-refractivity contribution in [3.05, 3.63) is 65.5 Å². The van der Waals surface area contributed by atoms with Gasteiger partial charge >= 0.3 is 5.97 Å². The lowest BCUT2D eigenvalue weighted by Gasteiger charge is -2.23. The molecule has 6 nitrogen and oxygen atoms in total. The lowest BCUT2D eigenvalue weighted by Crippen LogP contribution is -3.12. The third-order valence-corrected chi connectivity index (χ3v) is 4.31. The predicted molar refractivity (Wildman–Crippen MR) is 97.0 cm³/mol. The largest absolute Gasteiger partial charge is 0.452 e. The monoisotopic (exact) mass is 373 g/mol. The number of esters is 1. The molecule has 0 radical (unpaired) electrons. The van der Waals surface area contributed by atoms with Crippen molar-refractivity contribution in [1.82, 2.24) is 0 Å². The molecule has 142 valence electrons. The van der Waals surface area contributed by atoms with Crippen molar-refractivity contribution >= 4 is 17.6 Å². The van der Waals surface area contributed by atoms with Crippen molar-refractivity contribution in [1.29, 1.82) is 0 Å². The van der Waals surface area contributed by atoms with E-state index in [1.165, 1.54) is 29.2 Å². The second kappa shape index (κ2) is 9.25. The minimum atomic E-state index is -0.561. The third-order valence-electron chi connectivity index (χ3n) is 4.31. The molecular formula is C20H22FN2O4+. The Balaban J connectivity index is 1.45. The van der Waals surface area contributed by atoms with Gasteiger partial charge in [-0.05, 0) is 36.4 Å². The van der Waals surface area contributed by atoms with Gasteiger partial charge in [0.15, 0.2) is 6.61 Å². The normalized spacial score (nSPS) is 14.6. The average molecular weight is 373 g/mol. The quantitative estimate of drug-likeness (QED) is 0.743. The SMILES string of the molecule is O=C(COC(=O)c1ccc(C[NH+]2CCOCC2)cc1)Nc1ccc(F)cc1. The maximum Gasteiger partial charge on any atom is 0.338 e. The number of rotatable bonds is 6. The molecule has 0 unspecified atom stereocenters. The molecule has 0 saturated carbocycles. The molecule has 3 rings (SSSR count). The summed E-state index contributed by atoms with van der Waals surface area (Å²) in [6.07, 6.45) is 0. The molecule has 7 heteroatoms. The average Bonchev–Trinajstić information content (AvgIpc) is 2.69. The number of carbonyl (C=O) groups is 2. The maximum absolute atomic E-state index is 12.8. The topological polar surface area (TPSA) is 69.1 Å². The number of carbonyl (C=O) groups excluding carboxylic acids is 2. The fourth-order valence-electron chi connectivity index (χ4n) is 2.83. The van der Waals surface area contributed by atoms with Gasteiger partial charge in [-0.2, -0.15) is 0 Å². The van der Waals surface area contributed by atoms with E-state index in [-0.39, 0.29) is 0 Å². The third kappa shape index (κ3) is 5.87. The first kappa shape index (κ1) is 19.0. The number of nitrogens with one attached hydrogen (secondary N) is 2. The number of hydrogen-bond donors (Lipinski definition) is 2. The van der Waals surface area contributed by atoms with E-state index in [9.17, 15) is 14.0 Å². The minimum Gasteiger partial charge on any atom is -0.452 e. The molecule has 0 spiro atoms. The van der Waals surface area contributed by atoms with E-state index in [2.05, 4.69) is 5.32 Å². The molecule has 1 aliphatic heterocycles. The Morgan fingerprint density at radius 3 is 2.37 bits per heavy atom. The first-order chi connectivity index (χ1) is 13.1. The first-order valence-corrected chi connectivity index (χ1v) is 8.83. The van der Waals surface area contributed by atoms with Crippen molar-refractivity contribution in [2.75, 3.05) is 38.2 Å². The van der Waals surface area contributed by atoms with E-state index in [1.807, 2.05) is 12.1 Å². The molecule has 0 aromatic heterocycles. The smallest absolute Gasteiger partial charge is 0.338 e. The van der Waals surface area contributed by atoms with Crippen LogP contribution in [-0.4, -0.2) is 44.8 Å². The van der Waals surface area contributed by atoms with E-state index in [0.717, 1.165) is 38.4 Å². The summed E-state index contributed by atoms with van der Waals surface area (Å²) in [6, 6.07) is 12.6. The fourth-order valence-corrected chi connectivity index (χ4v) is 2.83. The van der Waals surface area contributed by atoms with Crippen LogP contribution in [0.15, 0.2) is 48.5 Å². The summed E-state index contributed by atoms with van der Waals surface area (Å²) >= 11 is 0. The Morgan fingerprint density at radius 1 is 1.04 bits per heavy atom. The van der Waals surface area contributed by atoms with Crippen molar-refractivity contribution in [3.63, 3.8) is 0 Å². The summed E-state index contributed by atoms with van der Waals surface area (Å²) in [7, 11) is 0. The Bertz CT molecular complexity index is 772. The number of halogens is 1. The highest BCUT2D eigenvalue weighted by Crippen LogP contribution is 2.09. The lowest BCUT2D eigenvalue weighted by molar-refractivity contribution is -0.921. The predicted octanol–water partition coefficient (Wildman–Crippen LogP) is 1.04. The number of benzene rings is 2. The Labute approximate surface area is 156 Å². The number of morpholine rings is 1. The van der Waals surface area contributed by atoms with E-state index in [4.69, 9.17) is 9.47 Å². The molecular weight excluding hydrogens is 351 g/mol. The zero-order valence-electron chi connectivity index (χ0n) is 14.9. The van der Waals surface area contributed by atoms with Crippen LogP contribution < -0.4 is 10.2 Å². The Hall–Kier alpha value is -2.77. The second-order valence-electron chi connectivity index (χ2n) is 6.37. The van der Waals surface area contributed by atoms with Crippen molar-refractivity contribution in [2.45, 2.75) is 6.54 Å². The van der Waals surface area contributed by atoms with E-state index in [1.54, 1.807) is 12.1 Å². The lowest BCUT2D eigenvalue weighted by atomic mass is 10.1. The summed E-state index contributed by atoms with van der Waals surface area (Å²) in [5.74, 6) is -1.44. The van der Waals surface area contributed by atoms with Crippen LogP contribution >= 0.6 is 0 Å². The molecule has 27 heavy (non-hydrogen) atoms. The van der Waals surface area contributed by atoms with Gasteiger partial charge in [-0.15, -0.1) is 0 Å². The highest BCUT2D eigenvalue weighted by Gasteiger charge is 2.15. The van der Waals surface area contributed by atoms with Crippen LogP contribution in [0.25, 0.3) is 0 Å². The molecule has 2 aromatic carbocycles. The molecule has 1 fully saturated rings. The molecule has 1 amide bonds. The number of hydrogen-bond acceptors (Lipinski definition) is 4. The van der Waals surface area contributed by atoms with Crippen molar-refractivity contribution in [3.8, 4) is 0 Å². The van der Waals surface area contributed by atoms with Gasteiger partial charge in [0, 0.05) is 11.3 Å². The van der Waals surface area contributed by atoms with Gasteiger partial charge in [0.2, 0.25) is 0 Å². The number of amides is 1. The summed E-state index contributed by atoms with van der Waals surface area (Å²) in [5, 5.41) is 2.53. The molecule has 1 heterocycles. The van der Waals surface area contributed by atoms with E-state index >= 15 is 0 Å². The van der Waals surface area contributed by atoms with Crippen LogP contribution in [0.5, 0.6) is 0 Å². The van der Waals surface area contributed by atoms with Gasteiger partial charge in [-0.25, -0.2) is 9.18 Å². The first-order valence-electron chi connectivity index (χ1n) is 8.83. The molecule has 2 aromatic rings. The van der Waals surface area contributed by atoms with Crippen molar-refractivity contribution in [2.24, 2.45) is 0 Å². The standard InChI is InChI=1S/C20H21FN2O4/c21-17-5-7-18(8-6-17)22-19(24)14-27-20(25)16-3-1-15(2-4-16)13-23-9-11-26-12-10-23/h1-8H,9-14H2,(H,22,24)/p+1. The van der Waals surface area contributed by atoms with Crippen LogP contribution in [0, 0.1) is 5.82 Å². The van der Waals surface area contributed by atoms with Gasteiger partial charge in [-0.3, -0.25) is 4.79 Å². The number of anilines is 1. The number of quaternary nitrogens is 1. The van der Waals surface area contributed by atoms with Crippen LogP contribution in [0.1, 0.15) is 15.9 Å². The summed E-state index contributed by atoms with van der Waals surface area (Å²) in [5.41, 5.74) is 1.97. The number of ether oxygens (including phenoxy) is 2. The Morgan fingerprint density at radius 2 is 1.70 bits per heavy atom. The van der Waals surface area contributed by atoms with Gasteiger partial charge < -0.3 is 19.7 Å². The van der Waals surface area contributed by atoms with Crippen LogP contribution in [0.4, 0.5) is 10.1 Å². The summed E-state index contributed by atoms with van der Waals surface area (Å²) in [4.78, 5) is 25.3. The maximum atomic E-state index is 12.8.